The summed E-state index contributed by atoms with van der Waals surface area (Å²) in [5.74, 6) is 2.14. The van der Waals surface area contributed by atoms with E-state index in [-0.39, 0.29) is 5.82 Å². The minimum absolute atomic E-state index is 0.354. The van der Waals surface area contributed by atoms with Crippen LogP contribution in [0.2, 0.25) is 0 Å². The summed E-state index contributed by atoms with van der Waals surface area (Å²) in [5.41, 5.74) is 3.57. The highest BCUT2D eigenvalue weighted by Crippen LogP contribution is 2.52. The van der Waals surface area contributed by atoms with Crippen molar-refractivity contribution >= 4 is 23.0 Å². The number of aromatic amines is 1. The topological polar surface area (TPSA) is 83.2 Å². The SMILES string of the molecule is COc1cc(CN2CCN(C3CC4(C3)CN(c3ccc(C=O)c(Oc5cnc6[nH]cc(F)c6c5)c3)C4)CC2)ccc1OC1CC1. The zero-order chi connectivity index (χ0) is 30.5. The summed E-state index contributed by atoms with van der Waals surface area (Å²) in [6, 6.07) is 14.3. The second-order valence-corrected chi connectivity index (χ2v) is 13.2. The number of nitrogens with zero attached hydrogens (tertiary/aromatic N) is 4. The number of rotatable bonds is 10. The quantitative estimate of drug-likeness (QED) is 0.231. The number of hydrogen-bond donors (Lipinski definition) is 1. The number of methoxy groups -OCH3 is 1. The van der Waals surface area contributed by atoms with Gasteiger partial charge in [-0.25, -0.2) is 9.37 Å². The molecule has 4 heterocycles. The van der Waals surface area contributed by atoms with Gasteiger partial charge in [-0.2, -0.15) is 0 Å². The Labute approximate surface area is 261 Å². The molecule has 0 bridgehead atoms. The predicted octanol–water partition coefficient (Wildman–Crippen LogP) is 5.64. The summed E-state index contributed by atoms with van der Waals surface area (Å²) in [7, 11) is 1.72. The van der Waals surface area contributed by atoms with Crippen molar-refractivity contribution in [2.75, 3.05) is 51.3 Å². The molecule has 4 aromatic rings. The van der Waals surface area contributed by atoms with Crippen LogP contribution in [-0.2, 0) is 6.54 Å². The number of aldehydes is 1. The van der Waals surface area contributed by atoms with E-state index in [9.17, 15) is 9.18 Å². The van der Waals surface area contributed by atoms with Crippen LogP contribution in [-0.4, -0.2) is 84.6 Å². The van der Waals surface area contributed by atoms with Crippen molar-refractivity contribution in [2.24, 2.45) is 5.41 Å². The molecule has 2 aliphatic carbocycles. The van der Waals surface area contributed by atoms with E-state index in [1.165, 1.54) is 30.8 Å². The van der Waals surface area contributed by atoms with E-state index in [2.05, 4.69) is 42.9 Å². The zero-order valence-corrected chi connectivity index (χ0v) is 25.5. The van der Waals surface area contributed by atoms with Crippen molar-refractivity contribution in [1.29, 1.82) is 0 Å². The molecule has 0 atom stereocenters. The number of carbonyl (C=O) groups is 1. The molecule has 2 saturated carbocycles. The largest absolute Gasteiger partial charge is 0.493 e. The van der Waals surface area contributed by atoms with Crippen molar-refractivity contribution < 1.29 is 23.4 Å². The third kappa shape index (κ3) is 5.61. The van der Waals surface area contributed by atoms with E-state index < -0.39 is 0 Å². The lowest BCUT2D eigenvalue weighted by atomic mass is 9.60. The Kier molecular flexibility index (Phi) is 7.14. The standard InChI is InChI=1S/C35H38FN5O4/c1-43-33-12-23(2-7-31(33)44-27-5-6-27)19-39-8-10-40(11-9-39)26-15-35(16-26)21-41(22-35)25-4-3-24(20-42)32(13-25)45-28-14-29-30(36)18-38-34(29)37-17-28/h2-4,7,12-14,17-18,20,26-27H,5-6,8-11,15-16,19,21-22H2,1H3,(H,37,38). The van der Waals surface area contributed by atoms with Gasteiger partial charge in [0.2, 0.25) is 0 Å². The molecule has 2 aliphatic heterocycles. The number of halogens is 1. The van der Waals surface area contributed by atoms with E-state index in [4.69, 9.17) is 14.2 Å². The first-order chi connectivity index (χ1) is 22.0. The van der Waals surface area contributed by atoms with Crippen molar-refractivity contribution in [3.8, 4) is 23.0 Å². The van der Waals surface area contributed by atoms with Gasteiger partial charge in [-0.05, 0) is 61.6 Å². The van der Waals surface area contributed by atoms with E-state index >= 15 is 0 Å². The first kappa shape index (κ1) is 28.3. The molecule has 8 rings (SSSR count). The summed E-state index contributed by atoms with van der Waals surface area (Å²) in [4.78, 5) is 26.3. The molecule has 9 nitrogen and oxygen atoms in total. The number of pyridine rings is 1. The number of anilines is 1. The number of carbonyl (C=O) groups excluding carboxylic acids is 1. The number of H-pyrrole nitrogens is 1. The van der Waals surface area contributed by atoms with Crippen LogP contribution < -0.4 is 19.1 Å². The molecule has 1 spiro atoms. The number of benzene rings is 2. The number of ether oxygens (including phenoxy) is 3. The minimum Gasteiger partial charge on any atom is -0.493 e. The van der Waals surface area contributed by atoms with Gasteiger partial charge in [-0.1, -0.05) is 6.07 Å². The Morgan fingerprint density at radius 1 is 1.02 bits per heavy atom. The average Bonchev–Trinajstić information content (AvgIpc) is 3.77. The summed E-state index contributed by atoms with van der Waals surface area (Å²) >= 11 is 0. The number of piperazine rings is 1. The molecule has 2 aromatic carbocycles. The maximum absolute atomic E-state index is 14.1. The lowest BCUT2D eigenvalue weighted by Crippen LogP contribution is -2.68. The zero-order valence-electron chi connectivity index (χ0n) is 25.5. The molecular weight excluding hydrogens is 573 g/mol. The lowest BCUT2D eigenvalue weighted by molar-refractivity contribution is -0.0380. The molecule has 45 heavy (non-hydrogen) atoms. The van der Waals surface area contributed by atoms with Gasteiger partial charge in [0.1, 0.15) is 23.0 Å². The first-order valence-electron chi connectivity index (χ1n) is 15.9. The maximum atomic E-state index is 14.1. The van der Waals surface area contributed by atoms with Gasteiger partial charge in [0, 0.05) is 75.2 Å². The maximum Gasteiger partial charge on any atom is 0.161 e. The average molecular weight is 612 g/mol. The Morgan fingerprint density at radius 2 is 1.84 bits per heavy atom. The van der Waals surface area contributed by atoms with Crippen LogP contribution in [0.4, 0.5) is 10.1 Å². The van der Waals surface area contributed by atoms with Crippen LogP contribution in [0.5, 0.6) is 23.0 Å². The Balaban J connectivity index is 0.829. The van der Waals surface area contributed by atoms with E-state index in [1.54, 1.807) is 19.2 Å². The number of hydrogen-bond acceptors (Lipinski definition) is 8. The number of aromatic nitrogens is 2. The molecule has 0 amide bonds. The lowest BCUT2D eigenvalue weighted by Gasteiger charge is -2.62. The fourth-order valence-electron chi connectivity index (χ4n) is 7.26. The van der Waals surface area contributed by atoms with E-state index in [0.717, 1.165) is 82.1 Å². The number of nitrogens with one attached hydrogen (secondary N) is 1. The summed E-state index contributed by atoms with van der Waals surface area (Å²) < 4.78 is 31.7. The summed E-state index contributed by atoms with van der Waals surface area (Å²) in [5, 5.41) is 0.354. The van der Waals surface area contributed by atoms with E-state index in [0.29, 0.717) is 45.7 Å². The van der Waals surface area contributed by atoms with Crippen LogP contribution in [0.3, 0.4) is 0 Å². The molecule has 2 saturated heterocycles. The third-order valence-corrected chi connectivity index (χ3v) is 9.94. The molecule has 234 valence electrons. The fraction of sp³-hybridized carbons (Fsp3) is 0.429. The van der Waals surface area contributed by atoms with Gasteiger partial charge in [-0.3, -0.25) is 14.6 Å². The Bertz CT molecular complexity index is 1720. The van der Waals surface area contributed by atoms with Gasteiger partial charge >= 0.3 is 0 Å². The van der Waals surface area contributed by atoms with Crippen LogP contribution in [0.1, 0.15) is 41.6 Å². The van der Waals surface area contributed by atoms with Gasteiger partial charge in [0.15, 0.2) is 17.8 Å². The molecule has 0 unspecified atom stereocenters. The molecule has 1 N–H and O–H groups in total. The second kappa shape index (κ2) is 11.3. The molecule has 4 aliphatic rings. The van der Waals surface area contributed by atoms with Crippen LogP contribution in [0.25, 0.3) is 11.0 Å². The van der Waals surface area contributed by atoms with Crippen LogP contribution >= 0.6 is 0 Å². The highest BCUT2D eigenvalue weighted by Gasteiger charge is 2.54. The molecular formula is C35H38FN5O4. The summed E-state index contributed by atoms with van der Waals surface area (Å²) in [6.45, 7) is 7.30. The fourth-order valence-corrected chi connectivity index (χ4v) is 7.26. The Hall–Kier alpha value is -4.15. The third-order valence-electron chi connectivity index (χ3n) is 9.94. The predicted molar refractivity (Wildman–Crippen MR) is 169 cm³/mol. The van der Waals surface area contributed by atoms with Crippen LogP contribution in [0, 0.1) is 11.2 Å². The van der Waals surface area contributed by atoms with Crippen molar-refractivity contribution in [3.63, 3.8) is 0 Å². The molecule has 4 fully saturated rings. The molecule has 10 heteroatoms. The van der Waals surface area contributed by atoms with Gasteiger partial charge < -0.3 is 24.1 Å². The second-order valence-electron chi connectivity index (χ2n) is 13.2. The van der Waals surface area contributed by atoms with Crippen molar-refractivity contribution in [3.05, 3.63) is 71.8 Å². The molecule has 2 aromatic heterocycles. The smallest absolute Gasteiger partial charge is 0.161 e. The molecule has 0 radical (unpaired) electrons. The van der Waals surface area contributed by atoms with Crippen molar-refractivity contribution in [1.82, 2.24) is 19.8 Å². The van der Waals surface area contributed by atoms with Gasteiger partial charge in [-0.15, -0.1) is 0 Å². The van der Waals surface area contributed by atoms with Crippen molar-refractivity contribution in [2.45, 2.75) is 44.4 Å². The monoisotopic (exact) mass is 611 g/mol. The summed E-state index contributed by atoms with van der Waals surface area (Å²) in [6.07, 6.45) is 8.68. The Morgan fingerprint density at radius 3 is 2.60 bits per heavy atom. The van der Waals surface area contributed by atoms with Gasteiger partial charge in [0.25, 0.3) is 0 Å². The van der Waals surface area contributed by atoms with Gasteiger partial charge in [0.05, 0.1) is 30.4 Å². The van der Waals surface area contributed by atoms with E-state index in [1.807, 2.05) is 12.1 Å². The number of fused-ring (bicyclic) bond motifs is 1. The first-order valence-corrected chi connectivity index (χ1v) is 15.9. The normalized spacial score (nSPS) is 20.2. The van der Waals surface area contributed by atoms with Crippen LogP contribution in [0.15, 0.2) is 54.9 Å². The minimum atomic E-state index is -0.389. The highest BCUT2D eigenvalue weighted by molar-refractivity contribution is 5.82. The highest BCUT2D eigenvalue weighted by atomic mass is 19.1.